The van der Waals surface area contributed by atoms with E-state index in [0.29, 0.717) is 28.4 Å². The van der Waals surface area contributed by atoms with Crippen LogP contribution >= 0.6 is 23.2 Å². The fraction of sp³-hybridized carbons (Fsp3) is 0.423. The molecule has 1 aliphatic rings. The van der Waals surface area contributed by atoms with Crippen molar-refractivity contribution in [1.29, 1.82) is 0 Å². The van der Waals surface area contributed by atoms with Crippen molar-refractivity contribution in [3.05, 3.63) is 57.6 Å². The van der Waals surface area contributed by atoms with Crippen molar-refractivity contribution in [3.63, 3.8) is 0 Å². The zero-order chi connectivity index (χ0) is 27.4. The number of carboxylic acids is 1. The quantitative estimate of drug-likeness (QED) is 0.352. The highest BCUT2D eigenvalue weighted by molar-refractivity contribution is 6.32. The topological polar surface area (TPSA) is 112 Å². The molecule has 202 valence electrons. The highest BCUT2D eigenvalue weighted by Gasteiger charge is 2.17. The van der Waals surface area contributed by atoms with E-state index in [-0.39, 0.29) is 18.2 Å². The Kier molecular flexibility index (Phi) is 12.1. The number of benzene rings is 2. The van der Waals surface area contributed by atoms with Crippen LogP contribution in [-0.2, 0) is 25.6 Å². The van der Waals surface area contributed by atoms with Gasteiger partial charge in [0.1, 0.15) is 23.4 Å². The largest absolute Gasteiger partial charge is 0.480 e. The normalized spacial score (nSPS) is 13.6. The summed E-state index contributed by atoms with van der Waals surface area (Å²) in [6.07, 6.45) is 0.684. The Bertz CT molecular complexity index is 1070. The molecule has 1 fully saturated rings. The zero-order valence-corrected chi connectivity index (χ0v) is 22.5. The van der Waals surface area contributed by atoms with Crippen LogP contribution < -0.4 is 9.47 Å². The van der Waals surface area contributed by atoms with Gasteiger partial charge < -0.3 is 24.1 Å². The number of carbonyl (C=O) groups is 3. The van der Waals surface area contributed by atoms with Crippen molar-refractivity contribution in [1.82, 2.24) is 4.90 Å². The Morgan fingerprint density at radius 2 is 1.59 bits per heavy atom. The number of rotatable bonds is 9. The molecule has 0 atom stereocenters. The molecule has 0 bridgehead atoms. The monoisotopic (exact) mass is 555 g/mol. The molecule has 11 heteroatoms. The fourth-order valence-electron chi connectivity index (χ4n) is 3.13. The second kappa shape index (κ2) is 14.8. The molecule has 0 unspecified atom stereocenters. The van der Waals surface area contributed by atoms with E-state index in [0.717, 1.165) is 38.4 Å². The summed E-state index contributed by atoms with van der Waals surface area (Å²) < 4.78 is 20.7. The molecule has 1 heterocycles. The predicted molar refractivity (Wildman–Crippen MR) is 139 cm³/mol. The van der Waals surface area contributed by atoms with Crippen LogP contribution in [0.1, 0.15) is 36.7 Å². The van der Waals surface area contributed by atoms with Gasteiger partial charge in [0.15, 0.2) is 13.2 Å². The first kappa shape index (κ1) is 30.4. The molecular formula is C26H31Cl2NO8. The molecule has 3 rings (SSSR count). The molecule has 0 aliphatic carbocycles. The lowest BCUT2D eigenvalue weighted by Crippen LogP contribution is -2.35. The summed E-state index contributed by atoms with van der Waals surface area (Å²) in [6, 6.07) is 9.99. The molecule has 0 radical (unpaired) electrons. The Hall–Kier alpha value is -2.85. The van der Waals surface area contributed by atoms with Gasteiger partial charge in [0.25, 0.3) is 0 Å². The van der Waals surface area contributed by atoms with Crippen LogP contribution in [0.5, 0.6) is 11.5 Å². The number of ether oxygens (including phenoxy) is 4. The highest BCUT2D eigenvalue weighted by Crippen LogP contribution is 2.26. The van der Waals surface area contributed by atoms with E-state index in [4.69, 9.17) is 47.3 Å². The third-order valence-corrected chi connectivity index (χ3v) is 5.31. The molecular weight excluding hydrogens is 525 g/mol. The van der Waals surface area contributed by atoms with Gasteiger partial charge in [-0.3, -0.25) is 9.69 Å². The third-order valence-electron chi connectivity index (χ3n) is 4.71. The zero-order valence-electron chi connectivity index (χ0n) is 21.0. The van der Waals surface area contributed by atoms with E-state index >= 15 is 0 Å². The standard InChI is InChI=1S/C13H16ClNO4.C13H15ClO4/c14-11-7-10(8-15-3-5-18-6-4-15)1-2-12(11)19-9-13(16)17;1-13(2,3)18-12(16)8-17-11-5-4-9(7-15)6-10(11)14/h1-2,7H,3-6,8-9H2,(H,16,17);4-7H,8H2,1-3H3. The van der Waals surface area contributed by atoms with Crippen LogP contribution in [-0.4, -0.2) is 73.3 Å². The lowest BCUT2D eigenvalue weighted by molar-refractivity contribution is -0.157. The number of morpholine rings is 1. The lowest BCUT2D eigenvalue weighted by atomic mass is 10.2. The Balaban J connectivity index is 0.000000261. The SMILES string of the molecule is CC(C)(C)OC(=O)COc1ccc(C=O)cc1Cl.O=C(O)COc1ccc(CN2CCOCC2)cc1Cl. The summed E-state index contributed by atoms with van der Waals surface area (Å²) in [6.45, 7) is 8.86. The summed E-state index contributed by atoms with van der Waals surface area (Å²) in [5, 5.41) is 9.27. The van der Waals surface area contributed by atoms with Crippen LogP contribution in [0.25, 0.3) is 0 Å². The minimum atomic E-state index is -1.02. The number of halogens is 2. The van der Waals surface area contributed by atoms with E-state index in [1.165, 1.54) is 12.1 Å². The third kappa shape index (κ3) is 11.8. The molecule has 0 saturated carbocycles. The number of hydrogen-bond acceptors (Lipinski definition) is 8. The van der Waals surface area contributed by atoms with E-state index in [1.54, 1.807) is 32.9 Å². The predicted octanol–water partition coefficient (Wildman–Crippen LogP) is 4.51. The first-order valence-electron chi connectivity index (χ1n) is 11.5. The van der Waals surface area contributed by atoms with Crippen LogP contribution in [0, 0.1) is 0 Å². The second-order valence-corrected chi connectivity index (χ2v) is 9.83. The molecule has 37 heavy (non-hydrogen) atoms. The lowest BCUT2D eigenvalue weighted by Gasteiger charge is -2.26. The molecule has 2 aromatic rings. The first-order valence-corrected chi connectivity index (χ1v) is 12.2. The van der Waals surface area contributed by atoms with Crippen molar-refractivity contribution in [2.45, 2.75) is 32.9 Å². The van der Waals surface area contributed by atoms with Crippen molar-refractivity contribution in [2.24, 2.45) is 0 Å². The molecule has 1 saturated heterocycles. The van der Waals surface area contributed by atoms with E-state index < -0.39 is 17.5 Å². The molecule has 0 spiro atoms. The van der Waals surface area contributed by atoms with Crippen molar-refractivity contribution >= 4 is 41.4 Å². The number of aldehydes is 1. The van der Waals surface area contributed by atoms with E-state index in [9.17, 15) is 14.4 Å². The van der Waals surface area contributed by atoms with Gasteiger partial charge in [-0.15, -0.1) is 0 Å². The highest BCUT2D eigenvalue weighted by atomic mass is 35.5. The summed E-state index contributed by atoms with van der Waals surface area (Å²) in [5.74, 6) is -0.755. The first-order chi connectivity index (χ1) is 17.5. The number of esters is 1. The maximum absolute atomic E-state index is 11.4. The van der Waals surface area contributed by atoms with E-state index in [1.807, 2.05) is 12.1 Å². The second-order valence-electron chi connectivity index (χ2n) is 9.02. The molecule has 0 aromatic heterocycles. The van der Waals surface area contributed by atoms with Crippen LogP contribution in [0.4, 0.5) is 0 Å². The summed E-state index contributed by atoms with van der Waals surface area (Å²) in [4.78, 5) is 34.7. The smallest absolute Gasteiger partial charge is 0.344 e. The maximum Gasteiger partial charge on any atom is 0.344 e. The molecule has 0 amide bonds. The van der Waals surface area contributed by atoms with Gasteiger partial charge in [0.2, 0.25) is 0 Å². The average Bonchev–Trinajstić information content (AvgIpc) is 2.82. The van der Waals surface area contributed by atoms with Gasteiger partial charge in [-0.2, -0.15) is 0 Å². The van der Waals surface area contributed by atoms with Gasteiger partial charge in [-0.1, -0.05) is 29.3 Å². The van der Waals surface area contributed by atoms with Crippen molar-refractivity contribution in [2.75, 3.05) is 39.5 Å². The van der Waals surface area contributed by atoms with Gasteiger partial charge in [0, 0.05) is 25.2 Å². The van der Waals surface area contributed by atoms with Gasteiger partial charge in [-0.05, 0) is 56.7 Å². The van der Waals surface area contributed by atoms with Gasteiger partial charge in [-0.25, -0.2) is 9.59 Å². The van der Waals surface area contributed by atoms with Crippen molar-refractivity contribution in [3.8, 4) is 11.5 Å². The van der Waals surface area contributed by atoms with Crippen LogP contribution in [0.3, 0.4) is 0 Å². The average molecular weight is 556 g/mol. The fourth-order valence-corrected chi connectivity index (χ4v) is 3.63. The van der Waals surface area contributed by atoms with Gasteiger partial charge >= 0.3 is 11.9 Å². The van der Waals surface area contributed by atoms with Gasteiger partial charge in [0.05, 0.1) is 23.3 Å². The minimum Gasteiger partial charge on any atom is -0.480 e. The summed E-state index contributed by atoms with van der Waals surface area (Å²) in [7, 11) is 0. The minimum absolute atomic E-state index is 0.225. The Morgan fingerprint density at radius 1 is 1.00 bits per heavy atom. The molecule has 9 nitrogen and oxygen atoms in total. The Labute approximate surface area is 226 Å². The molecule has 2 aromatic carbocycles. The maximum atomic E-state index is 11.4. The number of nitrogens with zero attached hydrogens (tertiary/aromatic N) is 1. The van der Waals surface area contributed by atoms with E-state index in [2.05, 4.69) is 4.90 Å². The van der Waals surface area contributed by atoms with Crippen LogP contribution in [0.15, 0.2) is 36.4 Å². The van der Waals surface area contributed by atoms with Crippen molar-refractivity contribution < 1.29 is 38.4 Å². The molecule has 1 N–H and O–H groups in total. The molecule has 1 aliphatic heterocycles. The Morgan fingerprint density at radius 3 is 2.14 bits per heavy atom. The number of carboxylic acid groups (broad SMARTS) is 1. The number of aliphatic carboxylic acids is 1. The number of carbonyl (C=O) groups excluding carboxylic acids is 2. The number of hydrogen-bond donors (Lipinski definition) is 1. The summed E-state index contributed by atoms with van der Waals surface area (Å²) >= 11 is 12.0. The summed E-state index contributed by atoms with van der Waals surface area (Å²) in [5.41, 5.74) is 0.977. The van der Waals surface area contributed by atoms with Crippen LogP contribution in [0.2, 0.25) is 10.0 Å².